The normalized spacial score (nSPS) is 17.3. The third kappa shape index (κ3) is 3.97. The second kappa shape index (κ2) is 7.53. The number of nitrogens with zero attached hydrogens (tertiary/aromatic N) is 3. The summed E-state index contributed by atoms with van der Waals surface area (Å²) >= 11 is 1.65. The Morgan fingerprint density at radius 1 is 1.33 bits per heavy atom. The minimum Gasteiger partial charge on any atom is -0.337 e. The van der Waals surface area contributed by atoms with Crippen LogP contribution in [-0.4, -0.2) is 38.6 Å². The van der Waals surface area contributed by atoms with Crippen molar-refractivity contribution in [1.82, 2.24) is 14.5 Å². The molecule has 1 saturated heterocycles. The molecule has 1 atom stereocenters. The summed E-state index contributed by atoms with van der Waals surface area (Å²) in [4.78, 5) is 29.2. The molecule has 7 heteroatoms. The molecule has 1 N–H and O–H groups in total. The molecule has 0 bridgehead atoms. The minimum absolute atomic E-state index is 0.0478. The van der Waals surface area contributed by atoms with E-state index in [1.165, 1.54) is 6.92 Å². The molecule has 1 fully saturated rings. The van der Waals surface area contributed by atoms with Gasteiger partial charge in [-0.25, -0.2) is 4.98 Å². The lowest BCUT2D eigenvalue weighted by Crippen LogP contribution is -2.29. The average Bonchev–Trinajstić information content (AvgIpc) is 3.19. The quantitative estimate of drug-likeness (QED) is 0.874. The number of nitrogens with one attached hydrogen (secondary N) is 1. The van der Waals surface area contributed by atoms with E-state index in [1.54, 1.807) is 24.3 Å². The molecule has 0 spiro atoms. The Kier molecular flexibility index (Phi) is 5.20. The van der Waals surface area contributed by atoms with Crippen LogP contribution in [0.2, 0.25) is 0 Å². The van der Waals surface area contributed by atoms with Crippen LogP contribution >= 0.6 is 11.8 Å². The van der Waals surface area contributed by atoms with E-state index in [4.69, 9.17) is 0 Å². The van der Waals surface area contributed by atoms with Gasteiger partial charge in [0.2, 0.25) is 11.8 Å². The van der Waals surface area contributed by atoms with Crippen LogP contribution < -0.4 is 5.32 Å². The maximum Gasteiger partial charge on any atom is 0.233 e. The lowest BCUT2D eigenvalue weighted by Gasteiger charge is -2.24. The molecular formula is C17H20N4O2S. The molecule has 3 rings (SSSR count). The van der Waals surface area contributed by atoms with Crippen LogP contribution in [-0.2, 0) is 16.1 Å². The number of rotatable bonds is 6. The number of benzene rings is 1. The summed E-state index contributed by atoms with van der Waals surface area (Å²) < 4.78 is 2.02. The highest BCUT2D eigenvalue weighted by molar-refractivity contribution is 8.00. The third-order valence-corrected chi connectivity index (χ3v) is 5.11. The van der Waals surface area contributed by atoms with Gasteiger partial charge < -0.3 is 14.8 Å². The maximum absolute atomic E-state index is 12.2. The van der Waals surface area contributed by atoms with Gasteiger partial charge in [-0.05, 0) is 24.1 Å². The van der Waals surface area contributed by atoms with Gasteiger partial charge in [0.15, 0.2) is 0 Å². The molecule has 0 saturated carbocycles. The molecule has 2 aromatic rings. The molecule has 1 aliphatic rings. The first-order valence-electron chi connectivity index (χ1n) is 7.88. The van der Waals surface area contributed by atoms with Gasteiger partial charge in [0.25, 0.3) is 0 Å². The van der Waals surface area contributed by atoms with E-state index >= 15 is 0 Å². The Balaban J connectivity index is 1.62. The summed E-state index contributed by atoms with van der Waals surface area (Å²) in [5.74, 6) is 0.610. The number of hydrogen-bond donors (Lipinski definition) is 1. The fraction of sp³-hybridized carbons (Fsp3) is 0.353. The number of hydrogen-bond acceptors (Lipinski definition) is 4. The zero-order chi connectivity index (χ0) is 16.9. The van der Waals surface area contributed by atoms with Crippen molar-refractivity contribution in [3.63, 3.8) is 0 Å². The van der Waals surface area contributed by atoms with Crippen molar-refractivity contribution in [3.8, 4) is 0 Å². The maximum atomic E-state index is 12.2. The van der Waals surface area contributed by atoms with Gasteiger partial charge in [0, 0.05) is 38.1 Å². The largest absolute Gasteiger partial charge is 0.337 e. The van der Waals surface area contributed by atoms with Crippen molar-refractivity contribution in [2.75, 3.05) is 17.6 Å². The Morgan fingerprint density at radius 3 is 2.79 bits per heavy atom. The van der Waals surface area contributed by atoms with E-state index in [9.17, 15) is 9.59 Å². The van der Waals surface area contributed by atoms with Gasteiger partial charge in [-0.3, -0.25) is 9.59 Å². The summed E-state index contributed by atoms with van der Waals surface area (Å²) in [7, 11) is 0. The first kappa shape index (κ1) is 16.6. The van der Waals surface area contributed by atoms with Crippen LogP contribution in [0.1, 0.15) is 24.3 Å². The highest BCUT2D eigenvalue weighted by Crippen LogP contribution is 2.38. The highest BCUT2D eigenvalue weighted by Gasteiger charge is 2.32. The SMILES string of the molecule is CC(=O)Nc1ccc(C2SCC(=O)N2CCCn2ccnc2)cc1. The molecule has 126 valence electrons. The summed E-state index contributed by atoms with van der Waals surface area (Å²) in [5.41, 5.74) is 1.86. The Labute approximate surface area is 145 Å². The van der Waals surface area contributed by atoms with Crippen LogP contribution in [0, 0.1) is 0 Å². The first-order chi connectivity index (χ1) is 11.6. The fourth-order valence-corrected chi connectivity index (χ4v) is 3.97. The number of carbonyl (C=O) groups is 2. The van der Waals surface area contributed by atoms with Gasteiger partial charge in [0.1, 0.15) is 5.37 Å². The molecule has 1 aliphatic heterocycles. The van der Waals surface area contributed by atoms with Crippen molar-refractivity contribution in [1.29, 1.82) is 0 Å². The van der Waals surface area contributed by atoms with Gasteiger partial charge in [-0.2, -0.15) is 0 Å². The van der Waals surface area contributed by atoms with E-state index in [2.05, 4.69) is 10.3 Å². The molecule has 1 unspecified atom stereocenters. The third-order valence-electron chi connectivity index (χ3n) is 3.86. The molecule has 6 nitrogen and oxygen atoms in total. The fourth-order valence-electron chi connectivity index (χ4n) is 2.75. The number of anilines is 1. The van der Waals surface area contributed by atoms with E-state index < -0.39 is 0 Å². The second-order valence-electron chi connectivity index (χ2n) is 5.71. The number of amides is 2. The number of thioether (sulfide) groups is 1. The van der Waals surface area contributed by atoms with Crippen LogP contribution in [0.15, 0.2) is 43.0 Å². The Bertz CT molecular complexity index is 700. The Hall–Kier alpha value is -2.28. The zero-order valence-electron chi connectivity index (χ0n) is 13.5. The molecule has 2 amide bonds. The average molecular weight is 344 g/mol. The smallest absolute Gasteiger partial charge is 0.233 e. The highest BCUT2D eigenvalue weighted by atomic mass is 32.2. The van der Waals surface area contributed by atoms with Gasteiger partial charge in [0.05, 0.1) is 12.1 Å². The molecule has 0 aliphatic carbocycles. The van der Waals surface area contributed by atoms with Crippen LogP contribution in [0.3, 0.4) is 0 Å². The van der Waals surface area contributed by atoms with E-state index in [1.807, 2.05) is 39.9 Å². The first-order valence-corrected chi connectivity index (χ1v) is 8.93. The van der Waals surface area contributed by atoms with Gasteiger partial charge >= 0.3 is 0 Å². The lowest BCUT2D eigenvalue weighted by molar-refractivity contribution is -0.128. The predicted molar refractivity (Wildman–Crippen MR) is 94.5 cm³/mol. The summed E-state index contributed by atoms with van der Waals surface area (Å²) in [6.07, 6.45) is 6.37. The van der Waals surface area contributed by atoms with E-state index in [0.717, 1.165) is 30.8 Å². The van der Waals surface area contributed by atoms with Crippen molar-refractivity contribution < 1.29 is 9.59 Å². The van der Waals surface area contributed by atoms with Crippen LogP contribution in [0.4, 0.5) is 5.69 Å². The van der Waals surface area contributed by atoms with Crippen LogP contribution in [0.5, 0.6) is 0 Å². The standard InChI is InChI=1S/C17H20N4O2S/c1-13(22)19-15-5-3-14(4-6-15)17-21(16(23)11-24-17)9-2-8-20-10-7-18-12-20/h3-7,10,12,17H,2,8-9,11H2,1H3,(H,19,22). The molecule has 0 radical (unpaired) electrons. The lowest BCUT2D eigenvalue weighted by atomic mass is 10.2. The van der Waals surface area contributed by atoms with Crippen molar-refractivity contribution >= 4 is 29.3 Å². The zero-order valence-corrected chi connectivity index (χ0v) is 14.3. The van der Waals surface area contributed by atoms with Gasteiger partial charge in [-0.1, -0.05) is 12.1 Å². The summed E-state index contributed by atoms with van der Waals surface area (Å²) in [5, 5.41) is 2.81. The predicted octanol–water partition coefficient (Wildman–Crippen LogP) is 2.51. The minimum atomic E-state index is -0.0886. The molecule has 24 heavy (non-hydrogen) atoms. The number of imidazole rings is 1. The second-order valence-corrected chi connectivity index (χ2v) is 6.78. The number of aromatic nitrogens is 2. The van der Waals surface area contributed by atoms with Crippen molar-refractivity contribution in [2.45, 2.75) is 25.3 Å². The number of aryl methyl sites for hydroxylation is 1. The van der Waals surface area contributed by atoms with E-state index in [-0.39, 0.29) is 17.2 Å². The van der Waals surface area contributed by atoms with Crippen molar-refractivity contribution in [2.24, 2.45) is 0 Å². The molecule has 1 aromatic carbocycles. The topological polar surface area (TPSA) is 67.2 Å². The summed E-state index contributed by atoms with van der Waals surface area (Å²) in [6, 6.07) is 7.71. The Morgan fingerprint density at radius 2 is 2.12 bits per heavy atom. The number of carbonyl (C=O) groups excluding carboxylic acids is 2. The monoisotopic (exact) mass is 344 g/mol. The van der Waals surface area contributed by atoms with Crippen molar-refractivity contribution in [3.05, 3.63) is 48.5 Å². The van der Waals surface area contributed by atoms with E-state index in [0.29, 0.717) is 5.75 Å². The van der Waals surface area contributed by atoms with Crippen LogP contribution in [0.25, 0.3) is 0 Å². The summed E-state index contributed by atoms with van der Waals surface area (Å²) in [6.45, 7) is 3.06. The van der Waals surface area contributed by atoms with Gasteiger partial charge in [-0.15, -0.1) is 11.8 Å². The molecule has 2 heterocycles. The molecule has 1 aromatic heterocycles. The molecular weight excluding hydrogens is 324 g/mol.